The minimum atomic E-state index is -4.02. The van der Waals surface area contributed by atoms with Gasteiger partial charge in [-0.2, -0.15) is 0 Å². The molecule has 4 rings (SSSR count). The first-order chi connectivity index (χ1) is 14.2. The molecule has 6 N–H and O–H groups in total. The SMILES string of the molecule is Cc1ccc2c(c1N)Sc1c(ccc(C)c1N)N2c1ccc(CCP(=O)(O)O)cc1. The molecule has 6 nitrogen and oxygen atoms in total. The average Bonchev–Trinajstić information content (AvgIpc) is 2.71. The third-order valence-electron chi connectivity index (χ3n) is 5.36. The molecule has 0 atom stereocenters. The quantitative estimate of drug-likeness (QED) is 0.257. The van der Waals surface area contributed by atoms with E-state index in [1.807, 2.05) is 50.2 Å². The Hall–Kier alpha value is -2.44. The number of aryl methyl sites for hydroxylation is 3. The molecule has 30 heavy (non-hydrogen) atoms. The molecule has 0 fully saturated rings. The minimum Gasteiger partial charge on any atom is -0.398 e. The summed E-state index contributed by atoms with van der Waals surface area (Å²) >= 11 is 1.60. The third-order valence-corrected chi connectivity index (χ3v) is 7.43. The topological polar surface area (TPSA) is 113 Å². The molecule has 3 aromatic rings. The van der Waals surface area contributed by atoms with Gasteiger partial charge in [0.15, 0.2) is 0 Å². The zero-order valence-corrected chi connectivity index (χ0v) is 18.5. The lowest BCUT2D eigenvalue weighted by Gasteiger charge is -2.34. The van der Waals surface area contributed by atoms with E-state index >= 15 is 0 Å². The lowest BCUT2D eigenvalue weighted by Crippen LogP contribution is -2.17. The fourth-order valence-electron chi connectivity index (χ4n) is 3.54. The highest BCUT2D eigenvalue weighted by Crippen LogP contribution is 2.56. The van der Waals surface area contributed by atoms with E-state index in [1.165, 1.54) is 0 Å². The minimum absolute atomic E-state index is 0.163. The summed E-state index contributed by atoms with van der Waals surface area (Å²) in [5.41, 5.74) is 20.2. The van der Waals surface area contributed by atoms with Crippen LogP contribution in [-0.4, -0.2) is 15.9 Å². The molecule has 1 aliphatic rings. The van der Waals surface area contributed by atoms with Crippen LogP contribution in [0.15, 0.2) is 58.3 Å². The molecule has 0 radical (unpaired) electrons. The Morgan fingerprint density at radius 2 is 1.37 bits per heavy atom. The summed E-state index contributed by atoms with van der Waals surface area (Å²) in [5.74, 6) is 0. The predicted molar refractivity (Wildman–Crippen MR) is 124 cm³/mol. The first kappa shape index (κ1) is 20.8. The number of rotatable bonds is 4. The Balaban J connectivity index is 1.81. The van der Waals surface area contributed by atoms with Gasteiger partial charge in [0.1, 0.15) is 0 Å². The van der Waals surface area contributed by atoms with Gasteiger partial charge < -0.3 is 26.2 Å². The van der Waals surface area contributed by atoms with Crippen molar-refractivity contribution in [2.24, 2.45) is 0 Å². The number of nitrogen functional groups attached to an aromatic ring is 2. The van der Waals surface area contributed by atoms with E-state index in [9.17, 15) is 4.57 Å². The molecule has 0 aromatic heterocycles. The summed E-state index contributed by atoms with van der Waals surface area (Å²) in [7, 11) is -4.02. The van der Waals surface area contributed by atoms with E-state index in [0.717, 1.165) is 54.9 Å². The van der Waals surface area contributed by atoms with Crippen LogP contribution in [0.4, 0.5) is 28.4 Å². The lowest BCUT2D eigenvalue weighted by atomic mass is 10.1. The van der Waals surface area contributed by atoms with Gasteiger partial charge in [0.05, 0.1) is 38.7 Å². The monoisotopic (exact) mass is 441 g/mol. The lowest BCUT2D eigenvalue weighted by molar-refractivity contribution is 0.373. The number of fused-ring (bicyclic) bond motifs is 2. The number of nitrogens with two attached hydrogens (primary N) is 2. The van der Waals surface area contributed by atoms with Crippen molar-refractivity contribution >= 4 is 47.8 Å². The molecule has 0 unspecified atom stereocenters. The van der Waals surface area contributed by atoms with Crippen LogP contribution in [0.1, 0.15) is 16.7 Å². The van der Waals surface area contributed by atoms with Crippen molar-refractivity contribution in [1.82, 2.24) is 0 Å². The summed E-state index contributed by atoms with van der Waals surface area (Å²) in [6, 6.07) is 15.9. The van der Waals surface area contributed by atoms with Crippen LogP contribution in [0.2, 0.25) is 0 Å². The molecule has 0 amide bonds. The fourth-order valence-corrected chi connectivity index (χ4v) is 5.36. The van der Waals surface area contributed by atoms with Gasteiger partial charge in [-0.15, -0.1) is 0 Å². The molecule has 0 spiro atoms. The highest BCUT2D eigenvalue weighted by atomic mass is 32.2. The second-order valence-electron chi connectivity index (χ2n) is 7.53. The van der Waals surface area contributed by atoms with E-state index in [4.69, 9.17) is 21.3 Å². The van der Waals surface area contributed by atoms with E-state index in [0.29, 0.717) is 6.42 Å². The molecule has 8 heteroatoms. The zero-order chi connectivity index (χ0) is 21.6. The first-order valence-electron chi connectivity index (χ1n) is 9.55. The van der Waals surface area contributed by atoms with Crippen LogP contribution in [0, 0.1) is 13.8 Å². The van der Waals surface area contributed by atoms with Crippen molar-refractivity contribution in [2.75, 3.05) is 22.5 Å². The van der Waals surface area contributed by atoms with Gasteiger partial charge in [-0.3, -0.25) is 4.57 Å². The molecule has 156 valence electrons. The molecule has 0 aliphatic carbocycles. The fraction of sp³-hybridized carbons (Fsp3) is 0.182. The maximum atomic E-state index is 11.2. The average molecular weight is 441 g/mol. The summed E-state index contributed by atoms with van der Waals surface area (Å²) in [6.07, 6.45) is 0.163. The molecular formula is C22H24N3O3PS. The van der Waals surface area contributed by atoms with Crippen LogP contribution in [0.3, 0.4) is 0 Å². The van der Waals surface area contributed by atoms with Crippen molar-refractivity contribution in [3.63, 3.8) is 0 Å². The second kappa shape index (κ2) is 7.67. The van der Waals surface area contributed by atoms with E-state index in [1.54, 1.807) is 11.8 Å². The number of hydrogen-bond donors (Lipinski definition) is 4. The Morgan fingerprint density at radius 3 is 1.83 bits per heavy atom. The number of benzene rings is 3. The molecule has 0 saturated carbocycles. The van der Waals surface area contributed by atoms with Gasteiger partial charge in [-0.25, -0.2) is 0 Å². The van der Waals surface area contributed by atoms with Crippen LogP contribution < -0.4 is 16.4 Å². The maximum Gasteiger partial charge on any atom is 0.325 e. The molecular weight excluding hydrogens is 417 g/mol. The molecule has 0 saturated heterocycles. The van der Waals surface area contributed by atoms with Gasteiger partial charge in [-0.1, -0.05) is 36.0 Å². The van der Waals surface area contributed by atoms with E-state index in [-0.39, 0.29) is 6.16 Å². The highest BCUT2D eigenvalue weighted by Gasteiger charge is 2.28. The number of hydrogen-bond acceptors (Lipinski definition) is 5. The smallest absolute Gasteiger partial charge is 0.325 e. The van der Waals surface area contributed by atoms with Gasteiger partial charge in [-0.05, 0) is 61.2 Å². The zero-order valence-electron chi connectivity index (χ0n) is 16.8. The van der Waals surface area contributed by atoms with Crippen molar-refractivity contribution in [2.45, 2.75) is 30.1 Å². The normalized spacial score (nSPS) is 13.1. The van der Waals surface area contributed by atoms with Crippen LogP contribution >= 0.6 is 19.4 Å². The standard InChI is InChI=1S/C22H24N3O3PS/c1-13-3-9-17-21(19(13)23)30-22-18(10-4-14(2)20(22)24)25(17)16-7-5-15(6-8-16)11-12-29(26,27)28/h3-10H,11-12,23-24H2,1-2H3,(H2,26,27,28). The van der Waals surface area contributed by atoms with Crippen LogP contribution in [-0.2, 0) is 11.0 Å². The Labute approximate surface area is 180 Å². The van der Waals surface area contributed by atoms with Gasteiger partial charge in [0.2, 0.25) is 0 Å². The van der Waals surface area contributed by atoms with Crippen molar-refractivity contribution in [3.05, 3.63) is 65.2 Å². The molecule has 3 aromatic carbocycles. The largest absolute Gasteiger partial charge is 0.398 e. The number of anilines is 5. The Morgan fingerprint density at radius 1 is 0.867 bits per heavy atom. The Bertz CT molecular complexity index is 1120. The van der Waals surface area contributed by atoms with E-state index < -0.39 is 7.60 Å². The second-order valence-corrected chi connectivity index (χ2v) is 10.3. The van der Waals surface area contributed by atoms with E-state index in [2.05, 4.69) is 17.0 Å². The number of nitrogens with zero attached hydrogens (tertiary/aromatic N) is 1. The molecule has 0 bridgehead atoms. The Kier molecular flexibility index (Phi) is 5.32. The first-order valence-corrected chi connectivity index (χ1v) is 12.2. The predicted octanol–water partition coefficient (Wildman–Crippen LogP) is 5.12. The van der Waals surface area contributed by atoms with Crippen molar-refractivity contribution in [3.8, 4) is 0 Å². The van der Waals surface area contributed by atoms with Crippen molar-refractivity contribution in [1.29, 1.82) is 0 Å². The van der Waals surface area contributed by atoms with Gasteiger partial charge in [0.25, 0.3) is 0 Å². The molecule has 1 heterocycles. The molecule has 1 aliphatic heterocycles. The van der Waals surface area contributed by atoms with Crippen LogP contribution in [0.25, 0.3) is 0 Å². The maximum absolute atomic E-state index is 11.2. The van der Waals surface area contributed by atoms with Crippen molar-refractivity contribution < 1.29 is 14.4 Å². The summed E-state index contributed by atoms with van der Waals surface area (Å²) in [4.78, 5) is 22.4. The third kappa shape index (κ3) is 3.82. The highest BCUT2D eigenvalue weighted by molar-refractivity contribution is 8.00. The summed E-state index contributed by atoms with van der Waals surface area (Å²) in [5, 5.41) is 0. The van der Waals surface area contributed by atoms with Gasteiger partial charge in [0, 0.05) is 5.69 Å². The summed E-state index contributed by atoms with van der Waals surface area (Å²) < 4.78 is 11.2. The van der Waals surface area contributed by atoms with Crippen LogP contribution in [0.5, 0.6) is 0 Å². The van der Waals surface area contributed by atoms with Gasteiger partial charge >= 0.3 is 7.60 Å². The summed E-state index contributed by atoms with van der Waals surface area (Å²) in [6.45, 7) is 3.98.